The lowest BCUT2D eigenvalue weighted by atomic mass is 10.2. The van der Waals surface area contributed by atoms with Gasteiger partial charge in [0.25, 0.3) is 11.8 Å². The highest BCUT2D eigenvalue weighted by molar-refractivity contribution is 7.10. The number of thiophene rings is 1. The highest BCUT2D eigenvalue weighted by Crippen LogP contribution is 2.19. The molecule has 1 N–H and O–H groups in total. The van der Waals surface area contributed by atoms with Gasteiger partial charge in [-0.25, -0.2) is 4.68 Å². The average molecular weight is 336 g/mol. The zero-order valence-corrected chi connectivity index (χ0v) is 14.4. The van der Waals surface area contributed by atoms with Gasteiger partial charge in [0.15, 0.2) is 12.3 Å². The van der Waals surface area contributed by atoms with E-state index >= 15 is 0 Å². The summed E-state index contributed by atoms with van der Waals surface area (Å²) in [5.41, 5.74) is 0.253. The summed E-state index contributed by atoms with van der Waals surface area (Å²) in [5.74, 6) is -0.0760. The van der Waals surface area contributed by atoms with E-state index < -0.39 is 0 Å². The minimum atomic E-state index is -0.282. The van der Waals surface area contributed by atoms with Crippen LogP contribution in [0.25, 0.3) is 0 Å². The molecular weight excluding hydrogens is 316 g/mol. The van der Waals surface area contributed by atoms with E-state index in [1.165, 1.54) is 15.6 Å². The van der Waals surface area contributed by atoms with Crippen molar-refractivity contribution in [1.29, 1.82) is 0 Å². The molecule has 0 saturated carbocycles. The number of nitrogens with zero attached hydrogens (tertiary/aromatic N) is 3. The third-order valence-corrected chi connectivity index (χ3v) is 4.28. The molecule has 23 heavy (non-hydrogen) atoms. The van der Waals surface area contributed by atoms with Crippen LogP contribution < -0.4 is 10.1 Å². The van der Waals surface area contributed by atoms with Crippen molar-refractivity contribution in [3.63, 3.8) is 0 Å². The molecule has 0 fully saturated rings. The van der Waals surface area contributed by atoms with Crippen molar-refractivity contribution in [3.05, 3.63) is 34.2 Å². The van der Waals surface area contributed by atoms with E-state index in [9.17, 15) is 9.59 Å². The molecule has 2 aromatic rings. The van der Waals surface area contributed by atoms with Crippen LogP contribution in [-0.4, -0.2) is 47.2 Å². The Morgan fingerprint density at radius 3 is 2.83 bits per heavy atom. The van der Waals surface area contributed by atoms with Crippen molar-refractivity contribution in [3.8, 4) is 5.88 Å². The maximum absolute atomic E-state index is 12.2. The zero-order valence-electron chi connectivity index (χ0n) is 13.6. The van der Waals surface area contributed by atoms with Gasteiger partial charge in [0, 0.05) is 32.1 Å². The molecule has 0 aromatic carbocycles. The van der Waals surface area contributed by atoms with E-state index in [-0.39, 0.29) is 30.2 Å². The van der Waals surface area contributed by atoms with Crippen LogP contribution >= 0.6 is 11.3 Å². The Labute approximate surface area is 138 Å². The van der Waals surface area contributed by atoms with Gasteiger partial charge in [0.1, 0.15) is 0 Å². The number of hydrogen-bond donors (Lipinski definition) is 1. The summed E-state index contributed by atoms with van der Waals surface area (Å²) in [7, 11) is 4.97. The van der Waals surface area contributed by atoms with Crippen LogP contribution in [0.15, 0.2) is 23.6 Å². The number of hydrogen-bond acceptors (Lipinski definition) is 5. The van der Waals surface area contributed by atoms with Gasteiger partial charge in [-0.3, -0.25) is 9.59 Å². The van der Waals surface area contributed by atoms with Crippen molar-refractivity contribution in [1.82, 2.24) is 20.0 Å². The van der Waals surface area contributed by atoms with Gasteiger partial charge < -0.3 is 15.0 Å². The van der Waals surface area contributed by atoms with E-state index in [4.69, 9.17) is 4.74 Å². The summed E-state index contributed by atoms with van der Waals surface area (Å²) in [6.07, 6.45) is 0. The summed E-state index contributed by atoms with van der Waals surface area (Å²) < 4.78 is 6.84. The molecule has 2 rings (SSSR count). The topological polar surface area (TPSA) is 76.5 Å². The van der Waals surface area contributed by atoms with Gasteiger partial charge in [-0.15, -0.1) is 11.3 Å². The van der Waals surface area contributed by atoms with Crippen molar-refractivity contribution in [2.45, 2.75) is 13.0 Å². The fraction of sp³-hybridized carbons (Fsp3) is 0.400. The van der Waals surface area contributed by atoms with Gasteiger partial charge in [-0.1, -0.05) is 6.07 Å². The molecule has 0 bridgehead atoms. The molecule has 1 unspecified atom stereocenters. The number of carbonyl (C=O) groups is 2. The number of carbonyl (C=O) groups excluding carboxylic acids is 2. The van der Waals surface area contributed by atoms with E-state index in [2.05, 4.69) is 10.4 Å². The number of ether oxygens (including phenoxy) is 1. The smallest absolute Gasteiger partial charge is 0.272 e. The molecule has 1 atom stereocenters. The Kier molecular flexibility index (Phi) is 5.38. The number of aromatic nitrogens is 2. The molecule has 0 aliphatic rings. The van der Waals surface area contributed by atoms with Crippen molar-refractivity contribution < 1.29 is 14.3 Å². The van der Waals surface area contributed by atoms with E-state index in [0.29, 0.717) is 5.88 Å². The molecule has 0 spiro atoms. The van der Waals surface area contributed by atoms with Crippen LogP contribution in [0.4, 0.5) is 0 Å². The fourth-order valence-electron chi connectivity index (χ4n) is 1.84. The Morgan fingerprint density at radius 1 is 1.48 bits per heavy atom. The standard InChI is InChI=1S/C15H20N4O3S/c1-10(12-6-5-7-23-12)16-15(21)11-8-14(19(4)17-11)22-9-13(20)18(2)3/h5-8,10H,9H2,1-4H3,(H,16,21). The van der Waals surface area contributed by atoms with Gasteiger partial charge in [-0.05, 0) is 18.4 Å². The average Bonchev–Trinajstić information content (AvgIpc) is 3.14. The van der Waals surface area contributed by atoms with Gasteiger partial charge in [0.05, 0.1) is 6.04 Å². The van der Waals surface area contributed by atoms with Crippen molar-refractivity contribution in [2.24, 2.45) is 7.05 Å². The zero-order chi connectivity index (χ0) is 17.0. The SMILES string of the molecule is CC(NC(=O)c1cc(OCC(=O)N(C)C)n(C)n1)c1cccs1. The maximum Gasteiger partial charge on any atom is 0.272 e. The Hall–Kier alpha value is -2.35. The summed E-state index contributed by atoms with van der Waals surface area (Å²) in [6.45, 7) is 1.82. The second-order valence-corrected chi connectivity index (χ2v) is 6.26. The van der Waals surface area contributed by atoms with E-state index in [0.717, 1.165) is 4.88 Å². The molecule has 0 aliphatic carbocycles. The first kappa shape index (κ1) is 17.0. The third-order valence-electron chi connectivity index (χ3n) is 3.23. The molecule has 124 valence electrons. The monoisotopic (exact) mass is 336 g/mol. The summed E-state index contributed by atoms with van der Waals surface area (Å²) in [5, 5.41) is 8.98. The molecule has 0 aliphatic heterocycles. The first-order valence-electron chi connectivity index (χ1n) is 7.09. The normalized spacial score (nSPS) is 11.8. The summed E-state index contributed by atoms with van der Waals surface area (Å²) in [6, 6.07) is 5.34. The molecule has 2 heterocycles. The molecule has 8 heteroatoms. The van der Waals surface area contributed by atoms with Crippen LogP contribution in [0.2, 0.25) is 0 Å². The quantitative estimate of drug-likeness (QED) is 0.866. The van der Waals surface area contributed by atoms with Crippen LogP contribution in [0, 0.1) is 0 Å². The van der Waals surface area contributed by atoms with Crippen molar-refractivity contribution in [2.75, 3.05) is 20.7 Å². The molecule has 2 aromatic heterocycles. The summed E-state index contributed by atoms with van der Waals surface area (Å²) in [4.78, 5) is 26.3. The van der Waals surface area contributed by atoms with Gasteiger partial charge >= 0.3 is 0 Å². The highest BCUT2D eigenvalue weighted by atomic mass is 32.1. The van der Waals surface area contributed by atoms with E-state index in [1.807, 2.05) is 24.4 Å². The predicted octanol–water partition coefficient (Wildman–Crippen LogP) is 1.44. The molecule has 7 nitrogen and oxygen atoms in total. The molecule has 0 saturated heterocycles. The minimum Gasteiger partial charge on any atom is -0.468 e. The predicted molar refractivity (Wildman–Crippen MR) is 87.6 cm³/mol. The Balaban J connectivity index is 1.99. The minimum absolute atomic E-state index is 0.0933. The van der Waals surface area contributed by atoms with E-state index in [1.54, 1.807) is 32.5 Å². The lowest BCUT2D eigenvalue weighted by Gasteiger charge is -2.10. The van der Waals surface area contributed by atoms with Crippen molar-refractivity contribution >= 4 is 23.2 Å². The largest absolute Gasteiger partial charge is 0.468 e. The highest BCUT2D eigenvalue weighted by Gasteiger charge is 2.17. The number of likely N-dealkylation sites (N-methyl/N-ethyl adjacent to an activating group) is 1. The lowest BCUT2D eigenvalue weighted by Crippen LogP contribution is -2.27. The first-order chi connectivity index (χ1) is 10.9. The number of rotatable bonds is 6. The fourth-order valence-corrected chi connectivity index (χ4v) is 2.57. The first-order valence-corrected chi connectivity index (χ1v) is 7.97. The second kappa shape index (κ2) is 7.28. The molecule has 2 amide bonds. The third kappa shape index (κ3) is 4.32. The van der Waals surface area contributed by atoms with Gasteiger partial charge in [-0.2, -0.15) is 5.10 Å². The van der Waals surface area contributed by atoms with Crippen LogP contribution in [0.1, 0.15) is 28.3 Å². The van der Waals surface area contributed by atoms with Crippen LogP contribution in [0.3, 0.4) is 0 Å². The number of aryl methyl sites for hydroxylation is 1. The Morgan fingerprint density at radius 2 is 2.22 bits per heavy atom. The molecular formula is C15H20N4O3S. The number of nitrogens with one attached hydrogen (secondary N) is 1. The second-order valence-electron chi connectivity index (χ2n) is 5.28. The van der Waals surface area contributed by atoms with Crippen LogP contribution in [0.5, 0.6) is 5.88 Å². The maximum atomic E-state index is 12.2. The number of amides is 2. The van der Waals surface area contributed by atoms with Gasteiger partial charge in [0.2, 0.25) is 5.88 Å². The summed E-state index contributed by atoms with van der Waals surface area (Å²) >= 11 is 1.58. The lowest BCUT2D eigenvalue weighted by molar-refractivity contribution is -0.130. The Bertz CT molecular complexity index is 679. The van der Waals surface area contributed by atoms with Crippen LogP contribution in [-0.2, 0) is 11.8 Å². The molecule has 0 radical (unpaired) electrons.